The lowest BCUT2D eigenvalue weighted by molar-refractivity contribution is -0.154. The van der Waals surface area contributed by atoms with E-state index in [1.807, 2.05) is 20.8 Å². The van der Waals surface area contributed by atoms with E-state index in [2.05, 4.69) is 20.6 Å². The summed E-state index contributed by atoms with van der Waals surface area (Å²) in [6.45, 7) is 6.18. The number of fused-ring (bicyclic) bond motifs is 1. The van der Waals surface area contributed by atoms with Crippen molar-refractivity contribution in [3.63, 3.8) is 0 Å². The number of aromatic nitrogens is 2. The zero-order chi connectivity index (χ0) is 27.4. The lowest BCUT2D eigenvalue weighted by atomic mass is 9.82. The molecule has 208 valence electrons. The zero-order valence-corrected chi connectivity index (χ0v) is 22.9. The molecular weight excluding hydrogens is 486 g/mol. The number of methoxy groups -OCH3 is 1. The summed E-state index contributed by atoms with van der Waals surface area (Å²) in [5, 5.41) is 5.88. The molecule has 38 heavy (non-hydrogen) atoms. The molecule has 0 spiro atoms. The number of hydrogen-bond acceptors (Lipinski definition) is 7. The SMILES string of the molecule is COC(=O)[C@@H]1[C@H]2CCC[C@H]2CN1C(=O)[C@@H](NC(=O)[C@@H](NC(=O)c1cnccn1)C1CCCCC1)C(C)(C)C. The molecule has 1 aromatic heterocycles. The number of hydrogen-bond donors (Lipinski definition) is 2. The Hall–Kier alpha value is -3.04. The molecule has 0 radical (unpaired) electrons. The van der Waals surface area contributed by atoms with Crippen LogP contribution in [0.15, 0.2) is 18.6 Å². The number of nitrogens with one attached hydrogen (secondary N) is 2. The van der Waals surface area contributed by atoms with Crippen molar-refractivity contribution in [3.05, 3.63) is 24.3 Å². The third kappa shape index (κ3) is 5.99. The number of likely N-dealkylation sites (tertiary alicyclic amines) is 1. The van der Waals surface area contributed by atoms with E-state index in [-0.39, 0.29) is 29.4 Å². The fraction of sp³-hybridized carbons (Fsp3) is 0.714. The Morgan fingerprint density at radius 1 is 1.00 bits per heavy atom. The number of amides is 3. The first-order chi connectivity index (χ1) is 18.1. The highest BCUT2D eigenvalue weighted by Crippen LogP contribution is 2.43. The summed E-state index contributed by atoms with van der Waals surface area (Å²) < 4.78 is 5.09. The van der Waals surface area contributed by atoms with E-state index in [1.165, 1.54) is 25.7 Å². The zero-order valence-electron chi connectivity index (χ0n) is 22.9. The molecule has 0 aromatic carbocycles. The Balaban J connectivity index is 1.56. The standard InChI is InChI=1S/C28H41N5O5/c1-28(2,3)23(26(36)33-16-18-11-8-12-19(18)22(33)27(37)38-4)32-25(35)21(17-9-6-5-7-10-17)31-24(34)20-15-29-13-14-30-20/h13-15,17-19,21-23H,5-12,16H2,1-4H3,(H,31,34)(H,32,35)/t18-,19-,21-,22-,23+/m0/s1. The molecular formula is C28H41N5O5. The van der Waals surface area contributed by atoms with Crippen LogP contribution in [0.4, 0.5) is 0 Å². The van der Waals surface area contributed by atoms with Gasteiger partial charge in [-0.3, -0.25) is 19.4 Å². The van der Waals surface area contributed by atoms with E-state index in [0.29, 0.717) is 6.54 Å². The van der Waals surface area contributed by atoms with Crippen LogP contribution in [0.2, 0.25) is 0 Å². The number of carbonyl (C=O) groups is 4. The van der Waals surface area contributed by atoms with E-state index in [1.54, 1.807) is 4.90 Å². The first kappa shape index (κ1) is 28.0. The molecule has 2 saturated carbocycles. The van der Waals surface area contributed by atoms with Crippen molar-refractivity contribution in [3.8, 4) is 0 Å². The van der Waals surface area contributed by atoms with Gasteiger partial charge in [0.15, 0.2) is 0 Å². The number of esters is 1. The average molecular weight is 528 g/mol. The van der Waals surface area contributed by atoms with Crippen LogP contribution in [0.3, 0.4) is 0 Å². The summed E-state index contributed by atoms with van der Waals surface area (Å²) in [5.41, 5.74) is -0.494. The molecule has 1 aliphatic heterocycles. The van der Waals surface area contributed by atoms with Crippen LogP contribution in [0.5, 0.6) is 0 Å². The van der Waals surface area contributed by atoms with Gasteiger partial charge in [0.2, 0.25) is 11.8 Å². The van der Waals surface area contributed by atoms with Crippen molar-refractivity contribution in [2.75, 3.05) is 13.7 Å². The summed E-state index contributed by atoms with van der Waals surface area (Å²) in [6, 6.07) is -2.32. The number of ether oxygens (including phenoxy) is 1. The van der Waals surface area contributed by atoms with Crippen LogP contribution in [0.1, 0.15) is 82.6 Å². The summed E-state index contributed by atoms with van der Waals surface area (Å²) >= 11 is 0. The summed E-state index contributed by atoms with van der Waals surface area (Å²) in [4.78, 5) is 63.3. The molecule has 4 rings (SSSR count). The molecule has 0 bridgehead atoms. The molecule has 10 heteroatoms. The van der Waals surface area contributed by atoms with Crippen molar-refractivity contribution < 1.29 is 23.9 Å². The fourth-order valence-corrected chi connectivity index (χ4v) is 6.50. The fourth-order valence-electron chi connectivity index (χ4n) is 6.50. The van der Waals surface area contributed by atoms with Gasteiger partial charge in [-0.15, -0.1) is 0 Å². The highest BCUT2D eigenvalue weighted by molar-refractivity contribution is 5.97. The highest BCUT2D eigenvalue weighted by Gasteiger charge is 2.52. The maximum absolute atomic E-state index is 14.0. The Labute approximate surface area is 224 Å². The van der Waals surface area contributed by atoms with E-state index >= 15 is 0 Å². The van der Waals surface area contributed by atoms with Crippen molar-refractivity contribution >= 4 is 23.7 Å². The molecule has 3 aliphatic rings. The molecule has 1 aromatic rings. The summed E-state index contributed by atoms with van der Waals surface area (Å²) in [5.74, 6) is -1.24. The second-order valence-electron chi connectivity index (χ2n) is 12.1. The molecule has 3 amide bonds. The third-order valence-electron chi connectivity index (χ3n) is 8.50. The van der Waals surface area contributed by atoms with Crippen molar-refractivity contribution in [2.45, 2.75) is 90.3 Å². The molecule has 3 fully saturated rings. The second-order valence-corrected chi connectivity index (χ2v) is 12.1. The van der Waals surface area contributed by atoms with Gasteiger partial charge >= 0.3 is 5.97 Å². The van der Waals surface area contributed by atoms with Crippen LogP contribution in [0, 0.1) is 23.2 Å². The first-order valence-corrected chi connectivity index (χ1v) is 13.9. The molecule has 2 heterocycles. The smallest absolute Gasteiger partial charge is 0.328 e. The van der Waals surface area contributed by atoms with Crippen LogP contribution in [-0.2, 0) is 19.1 Å². The second kappa shape index (κ2) is 11.8. The minimum atomic E-state index is -0.875. The normalized spacial score (nSPS) is 25.3. The van der Waals surface area contributed by atoms with Gasteiger partial charge in [-0.1, -0.05) is 46.5 Å². The third-order valence-corrected chi connectivity index (χ3v) is 8.50. The minimum absolute atomic E-state index is 0.0472. The van der Waals surface area contributed by atoms with Gasteiger partial charge < -0.3 is 20.3 Å². The minimum Gasteiger partial charge on any atom is -0.467 e. The summed E-state index contributed by atoms with van der Waals surface area (Å²) in [7, 11) is 1.35. The maximum Gasteiger partial charge on any atom is 0.328 e. The predicted octanol–water partition coefficient (Wildman–Crippen LogP) is 2.49. The number of nitrogens with zero attached hydrogens (tertiary/aromatic N) is 3. The van der Waals surface area contributed by atoms with Gasteiger partial charge in [0.05, 0.1) is 13.3 Å². The Morgan fingerprint density at radius 2 is 1.74 bits per heavy atom. The van der Waals surface area contributed by atoms with Crippen molar-refractivity contribution in [2.24, 2.45) is 23.2 Å². The maximum atomic E-state index is 14.0. The average Bonchev–Trinajstić information content (AvgIpc) is 3.51. The largest absolute Gasteiger partial charge is 0.467 e. The topological polar surface area (TPSA) is 131 Å². The van der Waals surface area contributed by atoms with Gasteiger partial charge in [0.25, 0.3) is 5.91 Å². The lowest BCUT2D eigenvalue weighted by Crippen LogP contribution is -2.61. The molecule has 2 N–H and O–H groups in total. The van der Waals surface area contributed by atoms with Crippen molar-refractivity contribution in [1.29, 1.82) is 0 Å². The quantitative estimate of drug-likeness (QED) is 0.521. The Bertz CT molecular complexity index is 1020. The Kier molecular flexibility index (Phi) is 8.67. The molecule has 1 saturated heterocycles. The Morgan fingerprint density at radius 3 is 2.37 bits per heavy atom. The lowest BCUT2D eigenvalue weighted by Gasteiger charge is -2.37. The van der Waals surface area contributed by atoms with Crippen molar-refractivity contribution in [1.82, 2.24) is 25.5 Å². The van der Waals surface area contributed by atoms with E-state index in [9.17, 15) is 19.2 Å². The number of carbonyl (C=O) groups excluding carboxylic acids is 4. The van der Waals surface area contributed by atoms with Crippen LogP contribution < -0.4 is 10.6 Å². The monoisotopic (exact) mass is 527 g/mol. The molecule has 10 nitrogen and oxygen atoms in total. The van der Waals surface area contributed by atoms with Gasteiger partial charge in [-0.2, -0.15) is 0 Å². The van der Waals surface area contributed by atoms with E-state index in [0.717, 1.165) is 51.4 Å². The molecule has 0 unspecified atom stereocenters. The van der Waals surface area contributed by atoms with Gasteiger partial charge in [-0.05, 0) is 48.9 Å². The van der Waals surface area contributed by atoms with Crippen LogP contribution >= 0.6 is 0 Å². The predicted molar refractivity (Wildman–Crippen MR) is 140 cm³/mol. The molecule has 2 aliphatic carbocycles. The number of rotatable bonds is 7. The van der Waals surface area contributed by atoms with Gasteiger partial charge in [-0.25, -0.2) is 9.78 Å². The molecule has 5 atom stereocenters. The van der Waals surface area contributed by atoms with Crippen LogP contribution in [0.25, 0.3) is 0 Å². The summed E-state index contributed by atoms with van der Waals surface area (Å²) in [6.07, 6.45) is 11.9. The van der Waals surface area contributed by atoms with Gasteiger partial charge in [0.1, 0.15) is 23.8 Å². The van der Waals surface area contributed by atoms with Gasteiger partial charge in [0, 0.05) is 18.9 Å². The first-order valence-electron chi connectivity index (χ1n) is 13.9. The highest BCUT2D eigenvalue weighted by atomic mass is 16.5. The van der Waals surface area contributed by atoms with Crippen LogP contribution in [-0.4, -0.2) is 70.3 Å². The van der Waals surface area contributed by atoms with E-state index < -0.39 is 41.3 Å². The van der Waals surface area contributed by atoms with E-state index in [4.69, 9.17) is 4.74 Å².